The van der Waals surface area contributed by atoms with Crippen molar-refractivity contribution in [3.63, 3.8) is 0 Å². The van der Waals surface area contributed by atoms with Crippen molar-refractivity contribution in [2.45, 2.75) is 39.8 Å². The van der Waals surface area contributed by atoms with Crippen LogP contribution in [-0.2, 0) is 0 Å². The summed E-state index contributed by atoms with van der Waals surface area (Å²) in [5.41, 5.74) is 8.91. The number of aryl methyl sites for hydroxylation is 1. The van der Waals surface area contributed by atoms with Crippen LogP contribution >= 0.6 is 10.0 Å². The van der Waals surface area contributed by atoms with E-state index in [4.69, 9.17) is 5.73 Å². The van der Waals surface area contributed by atoms with E-state index in [2.05, 4.69) is 34.4 Å². The van der Waals surface area contributed by atoms with Gasteiger partial charge in [-0.05, 0) is 49.5 Å². The zero-order valence-corrected chi connectivity index (χ0v) is 16.1. The summed E-state index contributed by atoms with van der Waals surface area (Å²) in [5.74, 6) is 0. The highest BCUT2D eigenvalue weighted by molar-refractivity contribution is 8.32. The van der Waals surface area contributed by atoms with Crippen LogP contribution in [0.25, 0.3) is 5.69 Å². The Labute approximate surface area is 137 Å². The molecule has 1 aromatic heterocycles. The third-order valence-corrected chi connectivity index (χ3v) is 4.08. The number of nitrogens with two attached hydrogens (primary N) is 1. The molecule has 0 unspecified atom stereocenters. The van der Waals surface area contributed by atoms with Crippen molar-refractivity contribution in [2.24, 2.45) is 0 Å². The topological polar surface area (TPSA) is 75.3 Å². The number of nitrogen functional groups attached to an aromatic ring is 1. The Kier molecular flexibility index (Phi) is 10.7. The van der Waals surface area contributed by atoms with Crippen LogP contribution in [0.4, 0.5) is 5.69 Å². The number of benzene rings is 1. The predicted octanol–water partition coefficient (Wildman–Crippen LogP) is 4.04. The molecule has 22 heavy (non-hydrogen) atoms. The average molecular weight is 328 g/mol. The second-order valence-corrected chi connectivity index (χ2v) is 9.00. The van der Waals surface area contributed by atoms with E-state index in [1.807, 2.05) is 59.1 Å². The largest absolute Gasteiger partial charge is 0.412 e. The number of hydrogen-bond acceptors (Lipinski definition) is 2. The summed E-state index contributed by atoms with van der Waals surface area (Å²) in [4.78, 5) is 4.48. The molecule has 4 N–H and O–H groups in total. The molecule has 1 aromatic carbocycles. The molecule has 0 saturated heterocycles. The first-order valence-corrected chi connectivity index (χ1v) is 10.3. The highest BCUT2D eigenvalue weighted by Gasteiger charge is 2.15. The van der Waals surface area contributed by atoms with Crippen molar-refractivity contribution in [3.8, 4) is 5.69 Å². The van der Waals surface area contributed by atoms with Crippen LogP contribution in [0.15, 0.2) is 35.7 Å². The van der Waals surface area contributed by atoms with Gasteiger partial charge in [0, 0.05) is 23.8 Å². The Hall–Kier alpha value is -1.46. The van der Waals surface area contributed by atoms with Crippen molar-refractivity contribution in [3.05, 3.63) is 36.2 Å². The van der Waals surface area contributed by atoms with E-state index in [0.29, 0.717) is 0 Å². The van der Waals surface area contributed by atoms with Crippen molar-refractivity contribution in [1.82, 2.24) is 9.55 Å². The smallest absolute Gasteiger partial charge is 0.154 e. The van der Waals surface area contributed by atoms with Gasteiger partial charge in [-0.2, -0.15) is 10.0 Å². The van der Waals surface area contributed by atoms with Gasteiger partial charge in [-0.3, -0.25) is 4.57 Å². The Bertz CT molecular complexity index is 545. The van der Waals surface area contributed by atoms with Gasteiger partial charge in [0.25, 0.3) is 0 Å². The van der Waals surface area contributed by atoms with Gasteiger partial charge < -0.3 is 11.2 Å². The second-order valence-electron chi connectivity index (χ2n) is 4.96. The van der Waals surface area contributed by atoms with Crippen LogP contribution in [0.1, 0.15) is 33.3 Å². The standard InChI is InChI=1S/C13H19N3S.2C2H6.H2O/c1-10-9-11(5-6-12(10)14)16-8-7-15-13(16)17(2,3)4;2*1-2;/h5-9H,14H2,1-4H3;2*1-2H3;1H2. The average Bonchev–Trinajstić information content (AvgIpc) is 2.96. The van der Waals surface area contributed by atoms with Crippen LogP contribution in [-0.4, -0.2) is 33.8 Å². The van der Waals surface area contributed by atoms with E-state index in [1.54, 1.807) is 0 Å². The fourth-order valence-electron chi connectivity index (χ4n) is 1.75. The maximum Gasteiger partial charge on any atom is 0.154 e. The van der Waals surface area contributed by atoms with Crippen LogP contribution in [0.3, 0.4) is 0 Å². The molecule has 2 aromatic rings. The number of rotatable bonds is 2. The molecule has 0 spiro atoms. The molecule has 0 aliphatic rings. The minimum absolute atomic E-state index is 0. The molecule has 0 atom stereocenters. The van der Waals surface area contributed by atoms with Gasteiger partial charge in [0.1, 0.15) is 0 Å². The Morgan fingerprint density at radius 3 is 2.05 bits per heavy atom. The molecule has 0 aliphatic heterocycles. The third kappa shape index (κ3) is 5.73. The van der Waals surface area contributed by atoms with Crippen molar-refractivity contribution >= 4 is 15.7 Å². The van der Waals surface area contributed by atoms with E-state index in [9.17, 15) is 0 Å². The molecule has 0 saturated carbocycles. The first-order valence-electron chi connectivity index (χ1n) is 7.48. The van der Waals surface area contributed by atoms with Crippen molar-refractivity contribution in [2.75, 3.05) is 24.5 Å². The SMILES string of the molecule is CC.CC.Cc1cc(-n2ccnc2S(C)(C)C)ccc1N.O. The molecular weight excluding hydrogens is 294 g/mol. The van der Waals surface area contributed by atoms with Gasteiger partial charge in [0.05, 0.1) is 0 Å². The van der Waals surface area contributed by atoms with E-state index in [0.717, 1.165) is 22.1 Å². The molecule has 0 bridgehead atoms. The number of hydrogen-bond donors (Lipinski definition) is 1. The Morgan fingerprint density at radius 1 is 1.05 bits per heavy atom. The maximum absolute atomic E-state index is 5.85. The lowest BCUT2D eigenvalue weighted by Crippen LogP contribution is -2.04. The summed E-state index contributed by atoms with van der Waals surface area (Å²) in [6.07, 6.45) is 10.6. The highest BCUT2D eigenvalue weighted by Crippen LogP contribution is 2.44. The maximum atomic E-state index is 5.85. The normalized spacial score (nSPS) is 10.4. The summed E-state index contributed by atoms with van der Waals surface area (Å²) in [6.45, 7) is 10.0. The Morgan fingerprint density at radius 2 is 1.59 bits per heavy atom. The lowest BCUT2D eigenvalue weighted by atomic mass is 10.2. The predicted molar refractivity (Wildman–Crippen MR) is 103 cm³/mol. The van der Waals surface area contributed by atoms with Gasteiger partial charge in [-0.1, -0.05) is 27.7 Å². The van der Waals surface area contributed by atoms with Gasteiger partial charge in [-0.15, -0.1) is 0 Å². The fraction of sp³-hybridized carbons (Fsp3) is 0.471. The monoisotopic (exact) mass is 327 g/mol. The van der Waals surface area contributed by atoms with Gasteiger partial charge in [0.2, 0.25) is 0 Å². The molecule has 2 rings (SSSR count). The lowest BCUT2D eigenvalue weighted by molar-refractivity contribution is 0.824. The lowest BCUT2D eigenvalue weighted by Gasteiger charge is -2.25. The fourth-order valence-corrected chi connectivity index (χ4v) is 2.88. The zero-order valence-electron chi connectivity index (χ0n) is 15.3. The number of anilines is 1. The molecule has 0 fully saturated rings. The number of imidazole rings is 1. The van der Waals surface area contributed by atoms with Crippen molar-refractivity contribution in [1.29, 1.82) is 0 Å². The molecule has 0 amide bonds. The van der Waals surface area contributed by atoms with E-state index in [1.165, 1.54) is 0 Å². The second kappa shape index (κ2) is 10.3. The molecular formula is C17H33N3OS. The van der Waals surface area contributed by atoms with Crippen LogP contribution in [0.5, 0.6) is 0 Å². The summed E-state index contributed by atoms with van der Waals surface area (Å²) >= 11 is 0. The summed E-state index contributed by atoms with van der Waals surface area (Å²) in [7, 11) is -0.841. The van der Waals surface area contributed by atoms with Crippen molar-refractivity contribution < 1.29 is 5.48 Å². The van der Waals surface area contributed by atoms with Gasteiger partial charge in [0.15, 0.2) is 5.16 Å². The molecule has 128 valence electrons. The van der Waals surface area contributed by atoms with Crippen LogP contribution in [0, 0.1) is 6.92 Å². The van der Waals surface area contributed by atoms with Gasteiger partial charge >= 0.3 is 0 Å². The minimum Gasteiger partial charge on any atom is -0.412 e. The van der Waals surface area contributed by atoms with E-state index in [-0.39, 0.29) is 5.48 Å². The zero-order chi connectivity index (χ0) is 16.6. The highest BCUT2D eigenvalue weighted by atomic mass is 32.3. The van der Waals surface area contributed by atoms with Gasteiger partial charge in [-0.25, -0.2) is 4.98 Å². The van der Waals surface area contributed by atoms with E-state index >= 15 is 0 Å². The Balaban J connectivity index is 0. The van der Waals surface area contributed by atoms with Crippen LogP contribution < -0.4 is 5.73 Å². The molecule has 1 heterocycles. The molecule has 0 aliphatic carbocycles. The summed E-state index contributed by atoms with van der Waals surface area (Å²) in [6, 6.07) is 6.09. The van der Waals surface area contributed by atoms with Crippen LogP contribution in [0.2, 0.25) is 0 Å². The minimum atomic E-state index is -0.841. The summed E-state index contributed by atoms with van der Waals surface area (Å²) in [5, 5.41) is 1.14. The molecule has 5 heteroatoms. The first-order chi connectivity index (χ1) is 9.89. The number of nitrogens with zero attached hydrogens (tertiary/aromatic N) is 2. The molecule has 0 radical (unpaired) electrons. The molecule has 4 nitrogen and oxygen atoms in total. The summed E-state index contributed by atoms with van der Waals surface area (Å²) < 4.78 is 2.15. The van der Waals surface area contributed by atoms with E-state index < -0.39 is 10.0 Å². The number of aromatic nitrogens is 2. The third-order valence-electron chi connectivity index (χ3n) is 2.69. The quantitative estimate of drug-likeness (QED) is 0.845. The first kappa shape index (κ1) is 22.8.